The quantitative estimate of drug-likeness (QED) is 0.231. The SMILES string of the molecule is O=C(COC(=O)CSc1ncnc2c1oc1ccccc12)NCCc1ccc2c(c1)OCCO2. The number of carbonyl (C=O) groups excluding carboxylic acids is 2. The molecule has 10 heteroatoms. The number of ether oxygens (including phenoxy) is 3. The number of carbonyl (C=O) groups is 2. The number of benzene rings is 2. The van der Waals surface area contributed by atoms with Gasteiger partial charge in [-0.05, 0) is 36.2 Å². The third kappa shape index (κ3) is 4.91. The molecule has 0 radical (unpaired) electrons. The van der Waals surface area contributed by atoms with Gasteiger partial charge in [0.25, 0.3) is 5.91 Å². The third-order valence-corrected chi connectivity index (χ3v) is 6.10. The van der Waals surface area contributed by atoms with Crippen molar-refractivity contribution >= 4 is 45.7 Å². The second-order valence-electron chi connectivity index (χ2n) is 7.48. The molecule has 0 unspecified atom stereocenters. The fourth-order valence-electron chi connectivity index (χ4n) is 3.56. The summed E-state index contributed by atoms with van der Waals surface area (Å²) in [5, 5.41) is 4.18. The highest BCUT2D eigenvalue weighted by Crippen LogP contribution is 2.32. The van der Waals surface area contributed by atoms with E-state index in [9.17, 15) is 9.59 Å². The minimum Gasteiger partial charge on any atom is -0.486 e. The molecule has 1 aliphatic rings. The Labute approximate surface area is 198 Å². The monoisotopic (exact) mass is 479 g/mol. The Morgan fingerprint density at radius 1 is 1.06 bits per heavy atom. The molecule has 4 aromatic rings. The summed E-state index contributed by atoms with van der Waals surface area (Å²) in [4.78, 5) is 32.7. The van der Waals surface area contributed by atoms with E-state index >= 15 is 0 Å². The van der Waals surface area contributed by atoms with Crippen molar-refractivity contribution in [3.05, 3.63) is 54.4 Å². The van der Waals surface area contributed by atoms with Gasteiger partial charge in [0.1, 0.15) is 35.7 Å². The van der Waals surface area contributed by atoms with E-state index in [0.717, 1.165) is 16.7 Å². The highest BCUT2D eigenvalue weighted by Gasteiger charge is 2.16. The molecule has 2 aromatic carbocycles. The number of thioether (sulfide) groups is 1. The van der Waals surface area contributed by atoms with Crippen LogP contribution in [0.15, 0.2) is 58.2 Å². The molecular weight excluding hydrogens is 458 g/mol. The minimum atomic E-state index is -0.519. The average Bonchev–Trinajstić information content (AvgIpc) is 3.25. The number of fused-ring (bicyclic) bond motifs is 4. The fourth-order valence-corrected chi connectivity index (χ4v) is 4.29. The molecule has 0 saturated carbocycles. The number of nitrogens with one attached hydrogen (secondary N) is 1. The first kappa shape index (κ1) is 22.0. The van der Waals surface area contributed by atoms with Crippen LogP contribution in [0.4, 0.5) is 0 Å². The summed E-state index contributed by atoms with van der Waals surface area (Å²) in [6.45, 7) is 1.14. The first-order valence-electron chi connectivity index (χ1n) is 10.7. The molecule has 1 amide bonds. The number of hydrogen-bond acceptors (Lipinski definition) is 9. The van der Waals surface area contributed by atoms with E-state index in [0.29, 0.717) is 53.6 Å². The van der Waals surface area contributed by atoms with Crippen molar-refractivity contribution in [2.45, 2.75) is 11.4 Å². The summed E-state index contributed by atoms with van der Waals surface area (Å²) < 4.78 is 22.0. The van der Waals surface area contributed by atoms with Crippen LogP contribution in [0.2, 0.25) is 0 Å². The van der Waals surface area contributed by atoms with Crippen molar-refractivity contribution in [3.8, 4) is 11.5 Å². The van der Waals surface area contributed by atoms with E-state index in [1.54, 1.807) is 0 Å². The van der Waals surface area contributed by atoms with Gasteiger partial charge in [-0.2, -0.15) is 0 Å². The molecule has 9 nitrogen and oxygen atoms in total. The van der Waals surface area contributed by atoms with Crippen molar-refractivity contribution in [1.29, 1.82) is 0 Å². The molecule has 174 valence electrons. The Morgan fingerprint density at radius 3 is 2.82 bits per heavy atom. The number of hydrogen-bond donors (Lipinski definition) is 1. The van der Waals surface area contributed by atoms with E-state index in [-0.39, 0.29) is 18.3 Å². The van der Waals surface area contributed by atoms with Crippen LogP contribution in [-0.4, -0.2) is 54.0 Å². The lowest BCUT2D eigenvalue weighted by Gasteiger charge is -2.18. The average molecular weight is 480 g/mol. The van der Waals surface area contributed by atoms with Crippen LogP contribution >= 0.6 is 11.8 Å². The maximum absolute atomic E-state index is 12.1. The van der Waals surface area contributed by atoms with Crippen LogP contribution in [0.3, 0.4) is 0 Å². The van der Waals surface area contributed by atoms with Gasteiger partial charge in [0, 0.05) is 11.9 Å². The minimum absolute atomic E-state index is 0.00631. The molecule has 0 atom stereocenters. The van der Waals surface area contributed by atoms with E-state index in [1.807, 2.05) is 42.5 Å². The first-order chi connectivity index (χ1) is 16.7. The molecule has 0 fully saturated rings. The zero-order chi connectivity index (χ0) is 23.3. The first-order valence-corrected chi connectivity index (χ1v) is 11.7. The van der Waals surface area contributed by atoms with E-state index < -0.39 is 5.97 Å². The summed E-state index contributed by atoms with van der Waals surface area (Å²) in [6.07, 6.45) is 2.06. The molecule has 0 aliphatic carbocycles. The molecule has 5 rings (SSSR count). The summed E-state index contributed by atoms with van der Waals surface area (Å²) >= 11 is 1.18. The summed E-state index contributed by atoms with van der Waals surface area (Å²) in [7, 11) is 0. The number of furan rings is 1. The van der Waals surface area contributed by atoms with Crippen LogP contribution in [0.1, 0.15) is 5.56 Å². The largest absolute Gasteiger partial charge is 0.486 e. The molecule has 0 bridgehead atoms. The lowest BCUT2D eigenvalue weighted by atomic mass is 10.1. The van der Waals surface area contributed by atoms with Crippen LogP contribution in [0.25, 0.3) is 22.1 Å². The van der Waals surface area contributed by atoms with Crippen molar-refractivity contribution < 1.29 is 28.2 Å². The van der Waals surface area contributed by atoms with E-state index in [2.05, 4.69) is 15.3 Å². The predicted octanol–water partition coefficient (Wildman–Crippen LogP) is 3.14. The fraction of sp³-hybridized carbons (Fsp3) is 0.250. The molecular formula is C24H21N3O6S. The van der Waals surface area contributed by atoms with Gasteiger partial charge >= 0.3 is 5.97 Å². The van der Waals surface area contributed by atoms with Crippen molar-refractivity contribution in [2.75, 3.05) is 32.1 Å². The van der Waals surface area contributed by atoms with Gasteiger partial charge in [-0.15, -0.1) is 0 Å². The molecule has 1 N–H and O–H groups in total. The standard InChI is InChI=1S/C24H21N3O6S/c28-20(25-8-7-15-5-6-18-19(11-15)31-10-9-30-18)12-32-21(29)13-34-24-23-22(26-14-27-24)16-3-1-2-4-17(16)33-23/h1-6,11,14H,7-10,12-13H2,(H,25,28). The topological polar surface area (TPSA) is 113 Å². The number of esters is 1. The lowest BCUT2D eigenvalue weighted by Crippen LogP contribution is -2.30. The molecule has 3 heterocycles. The van der Waals surface area contributed by atoms with Crippen molar-refractivity contribution in [3.63, 3.8) is 0 Å². The maximum Gasteiger partial charge on any atom is 0.316 e. The van der Waals surface area contributed by atoms with Crippen LogP contribution in [0.5, 0.6) is 11.5 Å². The van der Waals surface area contributed by atoms with Crippen LogP contribution in [0, 0.1) is 0 Å². The Balaban J connectivity index is 1.07. The number of aromatic nitrogens is 2. The molecule has 1 aliphatic heterocycles. The number of para-hydroxylation sites is 1. The smallest absolute Gasteiger partial charge is 0.316 e. The van der Waals surface area contributed by atoms with Gasteiger partial charge in [0.15, 0.2) is 23.7 Å². The van der Waals surface area contributed by atoms with Gasteiger partial charge in [-0.3, -0.25) is 9.59 Å². The third-order valence-electron chi connectivity index (χ3n) is 5.16. The highest BCUT2D eigenvalue weighted by atomic mass is 32.2. The maximum atomic E-state index is 12.1. The zero-order valence-electron chi connectivity index (χ0n) is 18.1. The summed E-state index contributed by atoms with van der Waals surface area (Å²) in [5.41, 5.74) is 2.94. The molecule has 2 aromatic heterocycles. The normalized spacial score (nSPS) is 12.6. The van der Waals surface area contributed by atoms with Gasteiger partial charge < -0.3 is 23.9 Å². The van der Waals surface area contributed by atoms with Crippen molar-refractivity contribution in [2.24, 2.45) is 0 Å². The van der Waals surface area contributed by atoms with E-state index in [1.165, 1.54) is 18.1 Å². The van der Waals surface area contributed by atoms with Crippen LogP contribution < -0.4 is 14.8 Å². The van der Waals surface area contributed by atoms with Gasteiger partial charge in [-0.25, -0.2) is 9.97 Å². The Morgan fingerprint density at radius 2 is 1.91 bits per heavy atom. The van der Waals surface area contributed by atoms with E-state index in [4.69, 9.17) is 18.6 Å². The number of nitrogens with zero attached hydrogens (tertiary/aromatic N) is 2. The molecule has 34 heavy (non-hydrogen) atoms. The second-order valence-corrected chi connectivity index (χ2v) is 8.45. The summed E-state index contributed by atoms with van der Waals surface area (Å²) in [5.74, 6) is 0.553. The van der Waals surface area contributed by atoms with Gasteiger partial charge in [-0.1, -0.05) is 30.0 Å². The highest BCUT2D eigenvalue weighted by molar-refractivity contribution is 8.00. The van der Waals surface area contributed by atoms with Crippen molar-refractivity contribution in [1.82, 2.24) is 15.3 Å². The van der Waals surface area contributed by atoms with Gasteiger partial charge in [0.2, 0.25) is 0 Å². The predicted molar refractivity (Wildman–Crippen MR) is 125 cm³/mol. The lowest BCUT2D eigenvalue weighted by molar-refractivity contribution is -0.145. The molecule has 0 saturated heterocycles. The molecule has 0 spiro atoms. The Hall–Kier alpha value is -3.79. The number of rotatable bonds is 8. The Bertz CT molecular complexity index is 1360. The van der Waals surface area contributed by atoms with Crippen LogP contribution in [-0.2, 0) is 20.7 Å². The second kappa shape index (κ2) is 10.0. The zero-order valence-corrected chi connectivity index (χ0v) is 18.9. The van der Waals surface area contributed by atoms with Gasteiger partial charge in [0.05, 0.1) is 5.75 Å². The Kier molecular flexibility index (Phi) is 6.48. The number of amides is 1. The summed E-state index contributed by atoms with van der Waals surface area (Å²) in [6, 6.07) is 13.3.